The Bertz CT molecular complexity index is 326. The third-order valence-corrected chi connectivity index (χ3v) is 2.94. The Morgan fingerprint density at radius 3 is 2.23 bits per heavy atom. The summed E-state index contributed by atoms with van der Waals surface area (Å²) in [4.78, 5) is 10.5. The second-order valence-electron chi connectivity index (χ2n) is 2.71. The number of rotatable bonds is 1. The molecule has 0 aromatic heterocycles. The van der Waals surface area contributed by atoms with Crippen LogP contribution >= 0.6 is 27.5 Å². The monoisotopic (exact) mass is 262 g/mol. The van der Waals surface area contributed by atoms with Gasteiger partial charge in [-0.05, 0) is 37.1 Å². The van der Waals surface area contributed by atoms with Crippen LogP contribution in [0.3, 0.4) is 0 Å². The van der Waals surface area contributed by atoms with Gasteiger partial charge in [-0.3, -0.25) is 0 Å². The lowest BCUT2D eigenvalue weighted by molar-refractivity contribution is 0.225. The van der Waals surface area contributed by atoms with E-state index in [1.54, 1.807) is 12.1 Å². The molecule has 13 heavy (non-hydrogen) atoms. The number of carbonyl (C=O) groups excluding carboxylic acids is 1. The van der Waals surface area contributed by atoms with Gasteiger partial charge in [0, 0.05) is 16.1 Å². The van der Waals surface area contributed by atoms with Gasteiger partial charge < -0.3 is 4.74 Å². The summed E-state index contributed by atoms with van der Waals surface area (Å²) < 4.78 is 5.75. The molecule has 0 atom stereocenters. The highest BCUT2D eigenvalue weighted by molar-refractivity contribution is 9.10. The zero-order valence-corrected chi connectivity index (χ0v) is 9.57. The molecule has 0 aliphatic heterocycles. The molecule has 0 aliphatic carbocycles. The minimum absolute atomic E-state index is 0.471. The van der Waals surface area contributed by atoms with Crippen LogP contribution in [-0.2, 0) is 0 Å². The third-order valence-electron chi connectivity index (χ3n) is 1.61. The van der Waals surface area contributed by atoms with Crippen LogP contribution in [0.2, 0.25) is 0 Å². The first kappa shape index (κ1) is 10.5. The van der Waals surface area contributed by atoms with Crippen molar-refractivity contribution in [3.8, 4) is 5.75 Å². The lowest BCUT2D eigenvalue weighted by Crippen LogP contribution is -1.97. The molecule has 1 aromatic carbocycles. The van der Waals surface area contributed by atoms with Crippen molar-refractivity contribution in [1.82, 2.24) is 0 Å². The fourth-order valence-corrected chi connectivity index (χ4v) is 1.38. The molecule has 0 aliphatic rings. The van der Waals surface area contributed by atoms with Gasteiger partial charge in [-0.1, -0.05) is 15.9 Å². The second kappa shape index (κ2) is 4.11. The maximum atomic E-state index is 10.5. The summed E-state index contributed by atoms with van der Waals surface area (Å²) in [5, 5.41) is 0. The summed E-state index contributed by atoms with van der Waals surface area (Å²) in [6.07, 6.45) is 0. The zero-order chi connectivity index (χ0) is 10.0. The van der Waals surface area contributed by atoms with Crippen LogP contribution in [0.25, 0.3) is 0 Å². The molecule has 70 valence electrons. The lowest BCUT2D eigenvalue weighted by atomic mass is 10.1. The highest BCUT2D eigenvalue weighted by Crippen LogP contribution is 2.26. The number of ether oxygens (including phenoxy) is 1. The molecular weight excluding hydrogens is 255 g/mol. The van der Waals surface area contributed by atoms with E-state index in [0.29, 0.717) is 5.75 Å². The molecule has 0 saturated carbocycles. The van der Waals surface area contributed by atoms with E-state index in [2.05, 4.69) is 15.9 Å². The van der Waals surface area contributed by atoms with Gasteiger partial charge in [-0.2, -0.15) is 0 Å². The highest BCUT2D eigenvalue weighted by atomic mass is 79.9. The van der Waals surface area contributed by atoms with Crippen LogP contribution in [0.15, 0.2) is 16.6 Å². The van der Waals surface area contributed by atoms with Crippen LogP contribution in [0, 0.1) is 13.8 Å². The van der Waals surface area contributed by atoms with Crippen molar-refractivity contribution >= 4 is 33.0 Å². The van der Waals surface area contributed by atoms with E-state index < -0.39 is 5.43 Å². The zero-order valence-electron chi connectivity index (χ0n) is 7.23. The van der Waals surface area contributed by atoms with E-state index in [4.69, 9.17) is 16.3 Å². The van der Waals surface area contributed by atoms with Gasteiger partial charge in [0.2, 0.25) is 0 Å². The quantitative estimate of drug-likeness (QED) is 0.720. The number of aryl methyl sites for hydroxylation is 2. The Hall–Kier alpha value is -0.540. The number of hydrogen-bond acceptors (Lipinski definition) is 2. The first-order chi connectivity index (χ1) is 6.00. The van der Waals surface area contributed by atoms with Crippen molar-refractivity contribution < 1.29 is 9.53 Å². The summed E-state index contributed by atoms with van der Waals surface area (Å²) in [6.45, 7) is 3.84. The van der Waals surface area contributed by atoms with Gasteiger partial charge in [0.1, 0.15) is 5.75 Å². The van der Waals surface area contributed by atoms with Gasteiger partial charge in [0.25, 0.3) is 0 Å². The number of carbonyl (C=O) groups is 1. The van der Waals surface area contributed by atoms with Gasteiger partial charge in [0.15, 0.2) is 0 Å². The second-order valence-corrected chi connectivity index (χ2v) is 3.81. The molecule has 0 radical (unpaired) electrons. The average Bonchev–Trinajstić information content (AvgIpc) is 1.98. The maximum absolute atomic E-state index is 10.5. The molecule has 0 bridgehead atoms. The highest BCUT2D eigenvalue weighted by Gasteiger charge is 2.05. The molecule has 0 N–H and O–H groups in total. The predicted octanol–water partition coefficient (Wildman–Crippen LogP) is 3.80. The van der Waals surface area contributed by atoms with Gasteiger partial charge in [-0.25, -0.2) is 4.79 Å². The van der Waals surface area contributed by atoms with E-state index in [9.17, 15) is 4.79 Å². The maximum Gasteiger partial charge on any atom is 0.409 e. The van der Waals surface area contributed by atoms with E-state index in [0.717, 1.165) is 15.6 Å². The van der Waals surface area contributed by atoms with Gasteiger partial charge >= 0.3 is 5.43 Å². The van der Waals surface area contributed by atoms with Crippen LogP contribution in [-0.4, -0.2) is 5.43 Å². The standard InChI is InChI=1S/C9H8BrClO2/c1-5-3-7(13-9(11)12)4-6(2)8(5)10/h3-4H,1-2H3. The van der Waals surface area contributed by atoms with Crippen molar-refractivity contribution in [3.63, 3.8) is 0 Å². The lowest BCUT2D eigenvalue weighted by Gasteiger charge is -2.06. The molecule has 0 heterocycles. The van der Waals surface area contributed by atoms with Crippen molar-refractivity contribution in [2.24, 2.45) is 0 Å². The van der Waals surface area contributed by atoms with Crippen LogP contribution in [0.5, 0.6) is 5.75 Å². The minimum atomic E-state index is -0.818. The van der Waals surface area contributed by atoms with Crippen molar-refractivity contribution in [2.75, 3.05) is 0 Å². The predicted molar refractivity (Wildman–Crippen MR) is 55.5 cm³/mol. The van der Waals surface area contributed by atoms with Crippen LogP contribution < -0.4 is 4.74 Å². The Labute approximate surface area is 90.0 Å². The van der Waals surface area contributed by atoms with Gasteiger partial charge in [0.05, 0.1) is 0 Å². The van der Waals surface area contributed by atoms with Crippen molar-refractivity contribution in [1.29, 1.82) is 0 Å². The SMILES string of the molecule is Cc1cc(OC(=O)Cl)cc(C)c1Br. The van der Waals surface area contributed by atoms with E-state index in [1.165, 1.54) is 0 Å². The number of benzene rings is 1. The van der Waals surface area contributed by atoms with Gasteiger partial charge in [-0.15, -0.1) is 0 Å². The first-order valence-corrected chi connectivity index (χ1v) is 4.82. The summed E-state index contributed by atoms with van der Waals surface area (Å²) in [7, 11) is 0. The largest absolute Gasteiger partial charge is 0.414 e. The average molecular weight is 264 g/mol. The Morgan fingerprint density at radius 1 is 1.38 bits per heavy atom. The molecule has 1 rings (SSSR count). The fourth-order valence-electron chi connectivity index (χ4n) is 1.06. The summed E-state index contributed by atoms with van der Waals surface area (Å²) in [5.41, 5.74) is 1.20. The van der Waals surface area contributed by atoms with E-state index >= 15 is 0 Å². The molecule has 0 amide bonds. The summed E-state index contributed by atoms with van der Waals surface area (Å²) >= 11 is 8.49. The summed E-state index contributed by atoms with van der Waals surface area (Å²) in [6, 6.07) is 3.49. The molecule has 2 nitrogen and oxygen atoms in total. The van der Waals surface area contributed by atoms with E-state index in [-0.39, 0.29) is 0 Å². The van der Waals surface area contributed by atoms with Crippen molar-refractivity contribution in [3.05, 3.63) is 27.7 Å². The molecule has 0 spiro atoms. The molecule has 0 fully saturated rings. The third kappa shape index (κ3) is 2.71. The molecule has 0 saturated heterocycles. The fraction of sp³-hybridized carbons (Fsp3) is 0.222. The molecule has 4 heteroatoms. The Balaban J connectivity index is 3.06. The summed E-state index contributed by atoms with van der Waals surface area (Å²) in [5.74, 6) is 0.471. The first-order valence-electron chi connectivity index (χ1n) is 3.65. The smallest absolute Gasteiger partial charge is 0.409 e. The molecule has 0 unspecified atom stereocenters. The molecular formula is C9H8BrClO2. The minimum Gasteiger partial charge on any atom is -0.414 e. The number of hydrogen-bond donors (Lipinski definition) is 0. The Morgan fingerprint density at radius 2 is 1.85 bits per heavy atom. The van der Waals surface area contributed by atoms with Crippen LogP contribution in [0.1, 0.15) is 11.1 Å². The normalized spacial score (nSPS) is 9.85. The Kier molecular flexibility index (Phi) is 3.33. The van der Waals surface area contributed by atoms with E-state index in [1.807, 2.05) is 13.8 Å². The van der Waals surface area contributed by atoms with Crippen molar-refractivity contribution in [2.45, 2.75) is 13.8 Å². The van der Waals surface area contributed by atoms with Crippen LogP contribution in [0.4, 0.5) is 4.79 Å². The topological polar surface area (TPSA) is 26.3 Å². The number of halogens is 2. The molecule has 1 aromatic rings.